The standard InChI is InChI=1S/C17H16N4O2S/c1-23-14-9-7-13(8-10-14)20-16(22)15(12-5-3-2-4-6-12)24-17-18-11-19-21-17/h2-11,15H,1H3,(H,20,22)(H,18,19,21)/t15-/m0/s1. The summed E-state index contributed by atoms with van der Waals surface area (Å²) in [6.07, 6.45) is 1.42. The topological polar surface area (TPSA) is 79.9 Å². The largest absolute Gasteiger partial charge is 0.497 e. The van der Waals surface area contributed by atoms with E-state index in [0.717, 1.165) is 11.3 Å². The maximum atomic E-state index is 12.8. The number of benzene rings is 2. The van der Waals surface area contributed by atoms with E-state index in [1.54, 1.807) is 31.4 Å². The predicted molar refractivity (Wildman–Crippen MR) is 93.0 cm³/mol. The molecule has 7 heteroatoms. The van der Waals surface area contributed by atoms with Crippen molar-refractivity contribution in [2.24, 2.45) is 0 Å². The van der Waals surface area contributed by atoms with Gasteiger partial charge in [-0.25, -0.2) is 4.98 Å². The number of amides is 1. The Hall–Kier alpha value is -2.80. The Bertz CT molecular complexity index is 776. The van der Waals surface area contributed by atoms with Crippen molar-refractivity contribution in [3.8, 4) is 5.75 Å². The molecule has 0 bridgehead atoms. The van der Waals surface area contributed by atoms with E-state index in [2.05, 4.69) is 20.5 Å². The molecule has 0 saturated heterocycles. The number of hydrogen-bond donors (Lipinski definition) is 2. The van der Waals surface area contributed by atoms with E-state index in [1.807, 2.05) is 30.3 Å². The molecular weight excluding hydrogens is 324 g/mol. The fraction of sp³-hybridized carbons (Fsp3) is 0.118. The first-order valence-corrected chi connectivity index (χ1v) is 8.16. The van der Waals surface area contributed by atoms with Crippen molar-refractivity contribution in [3.05, 3.63) is 66.5 Å². The van der Waals surface area contributed by atoms with E-state index in [0.29, 0.717) is 10.8 Å². The third kappa shape index (κ3) is 3.94. The lowest BCUT2D eigenvalue weighted by molar-refractivity contribution is -0.115. The van der Waals surface area contributed by atoms with Crippen LogP contribution in [0.1, 0.15) is 10.8 Å². The van der Waals surface area contributed by atoms with E-state index in [-0.39, 0.29) is 5.91 Å². The highest BCUT2D eigenvalue weighted by Crippen LogP contribution is 2.34. The number of carbonyl (C=O) groups excluding carboxylic acids is 1. The van der Waals surface area contributed by atoms with Crippen molar-refractivity contribution in [1.82, 2.24) is 15.2 Å². The second-order valence-electron chi connectivity index (χ2n) is 4.92. The minimum atomic E-state index is -0.443. The van der Waals surface area contributed by atoms with Gasteiger partial charge in [-0.1, -0.05) is 42.1 Å². The molecule has 0 fully saturated rings. The third-order valence-electron chi connectivity index (χ3n) is 3.32. The number of nitrogens with one attached hydrogen (secondary N) is 2. The number of thioether (sulfide) groups is 1. The molecule has 2 aromatic carbocycles. The van der Waals surface area contributed by atoms with Gasteiger partial charge in [-0.05, 0) is 29.8 Å². The molecule has 0 aliphatic heterocycles. The molecule has 122 valence electrons. The van der Waals surface area contributed by atoms with Crippen molar-refractivity contribution in [1.29, 1.82) is 0 Å². The van der Waals surface area contributed by atoms with Gasteiger partial charge in [0.25, 0.3) is 0 Å². The van der Waals surface area contributed by atoms with Gasteiger partial charge in [0.2, 0.25) is 5.91 Å². The number of ether oxygens (including phenoxy) is 1. The van der Waals surface area contributed by atoms with Gasteiger partial charge < -0.3 is 10.1 Å². The van der Waals surface area contributed by atoms with Gasteiger partial charge in [0, 0.05) is 5.69 Å². The molecule has 3 aromatic rings. The minimum absolute atomic E-state index is 0.132. The molecule has 3 rings (SSSR count). The lowest BCUT2D eigenvalue weighted by Crippen LogP contribution is -2.19. The van der Waals surface area contributed by atoms with Gasteiger partial charge in [0.15, 0.2) is 5.16 Å². The Morgan fingerprint density at radius 1 is 1.17 bits per heavy atom. The van der Waals surface area contributed by atoms with Crippen LogP contribution in [0.2, 0.25) is 0 Å². The lowest BCUT2D eigenvalue weighted by atomic mass is 10.1. The zero-order valence-corrected chi connectivity index (χ0v) is 13.8. The molecule has 1 atom stereocenters. The van der Waals surface area contributed by atoms with Crippen LogP contribution < -0.4 is 10.1 Å². The van der Waals surface area contributed by atoms with Gasteiger partial charge in [0.1, 0.15) is 17.3 Å². The Balaban J connectivity index is 1.79. The SMILES string of the molecule is COc1ccc(NC(=O)[C@@H](Sc2ncn[nH]2)c2ccccc2)cc1. The first-order valence-electron chi connectivity index (χ1n) is 7.28. The molecule has 1 heterocycles. The Morgan fingerprint density at radius 3 is 2.54 bits per heavy atom. The van der Waals surface area contributed by atoms with Crippen molar-refractivity contribution >= 4 is 23.4 Å². The second kappa shape index (κ2) is 7.65. The van der Waals surface area contributed by atoms with Crippen molar-refractivity contribution < 1.29 is 9.53 Å². The number of rotatable bonds is 6. The van der Waals surface area contributed by atoms with Gasteiger partial charge in [-0.3, -0.25) is 9.89 Å². The normalized spacial score (nSPS) is 11.7. The average Bonchev–Trinajstić information content (AvgIpc) is 3.14. The molecule has 2 N–H and O–H groups in total. The van der Waals surface area contributed by atoms with Crippen LogP contribution in [-0.4, -0.2) is 28.2 Å². The van der Waals surface area contributed by atoms with Gasteiger partial charge >= 0.3 is 0 Å². The molecule has 0 aliphatic carbocycles. The quantitative estimate of drug-likeness (QED) is 0.673. The molecule has 0 unspecified atom stereocenters. The number of aromatic nitrogens is 3. The molecule has 0 radical (unpaired) electrons. The fourth-order valence-electron chi connectivity index (χ4n) is 2.15. The average molecular weight is 340 g/mol. The number of aromatic amines is 1. The zero-order chi connectivity index (χ0) is 16.8. The lowest BCUT2D eigenvalue weighted by Gasteiger charge is -2.15. The molecule has 6 nitrogen and oxygen atoms in total. The molecule has 0 aliphatic rings. The van der Waals surface area contributed by atoms with Crippen LogP contribution in [-0.2, 0) is 4.79 Å². The monoisotopic (exact) mass is 340 g/mol. The summed E-state index contributed by atoms with van der Waals surface area (Å²) >= 11 is 1.32. The molecular formula is C17H16N4O2S. The van der Waals surface area contributed by atoms with E-state index in [9.17, 15) is 4.79 Å². The van der Waals surface area contributed by atoms with Crippen LogP contribution in [0.4, 0.5) is 5.69 Å². The van der Waals surface area contributed by atoms with E-state index in [4.69, 9.17) is 4.74 Å². The van der Waals surface area contributed by atoms with E-state index < -0.39 is 5.25 Å². The summed E-state index contributed by atoms with van der Waals surface area (Å²) < 4.78 is 5.12. The molecule has 1 amide bonds. The Kier molecular flexibility index (Phi) is 5.12. The van der Waals surface area contributed by atoms with Crippen LogP contribution in [0.15, 0.2) is 66.1 Å². The van der Waals surface area contributed by atoms with E-state index in [1.165, 1.54) is 18.1 Å². The molecule has 24 heavy (non-hydrogen) atoms. The number of nitrogens with zero attached hydrogens (tertiary/aromatic N) is 2. The zero-order valence-electron chi connectivity index (χ0n) is 13.0. The number of hydrogen-bond acceptors (Lipinski definition) is 5. The summed E-state index contributed by atoms with van der Waals surface area (Å²) in [6.45, 7) is 0. The van der Waals surface area contributed by atoms with Crippen LogP contribution in [0.5, 0.6) is 5.75 Å². The Morgan fingerprint density at radius 2 is 1.92 bits per heavy atom. The number of methoxy groups -OCH3 is 1. The minimum Gasteiger partial charge on any atom is -0.497 e. The molecule has 0 spiro atoms. The fourth-order valence-corrected chi connectivity index (χ4v) is 3.04. The maximum absolute atomic E-state index is 12.8. The number of carbonyl (C=O) groups is 1. The first kappa shape index (κ1) is 16.1. The summed E-state index contributed by atoms with van der Waals surface area (Å²) in [5, 5.41) is 9.68. The summed E-state index contributed by atoms with van der Waals surface area (Å²) in [4.78, 5) is 16.9. The van der Waals surface area contributed by atoms with Crippen LogP contribution in [0.25, 0.3) is 0 Å². The van der Waals surface area contributed by atoms with Gasteiger partial charge in [-0.2, -0.15) is 5.10 Å². The third-order valence-corrected chi connectivity index (χ3v) is 4.46. The number of anilines is 1. The van der Waals surface area contributed by atoms with Crippen LogP contribution in [0.3, 0.4) is 0 Å². The van der Waals surface area contributed by atoms with E-state index >= 15 is 0 Å². The summed E-state index contributed by atoms with van der Waals surface area (Å²) in [7, 11) is 1.60. The van der Waals surface area contributed by atoms with Crippen LogP contribution >= 0.6 is 11.8 Å². The Labute approximate surface area is 143 Å². The highest BCUT2D eigenvalue weighted by Gasteiger charge is 2.23. The van der Waals surface area contributed by atoms with Gasteiger partial charge in [-0.15, -0.1) is 0 Å². The van der Waals surface area contributed by atoms with Crippen molar-refractivity contribution in [3.63, 3.8) is 0 Å². The first-order chi connectivity index (χ1) is 11.8. The highest BCUT2D eigenvalue weighted by atomic mass is 32.2. The molecule has 1 aromatic heterocycles. The summed E-state index contributed by atoms with van der Waals surface area (Å²) in [6, 6.07) is 16.8. The van der Waals surface area contributed by atoms with Gasteiger partial charge in [0.05, 0.1) is 7.11 Å². The summed E-state index contributed by atoms with van der Waals surface area (Å²) in [5.74, 6) is 0.608. The summed E-state index contributed by atoms with van der Waals surface area (Å²) in [5.41, 5.74) is 1.60. The molecule has 0 saturated carbocycles. The maximum Gasteiger partial charge on any atom is 0.242 e. The predicted octanol–water partition coefficient (Wildman–Crippen LogP) is 3.29. The smallest absolute Gasteiger partial charge is 0.242 e. The van der Waals surface area contributed by atoms with Crippen molar-refractivity contribution in [2.75, 3.05) is 12.4 Å². The highest BCUT2D eigenvalue weighted by molar-refractivity contribution is 8.00. The van der Waals surface area contributed by atoms with Crippen LogP contribution in [0, 0.1) is 0 Å². The van der Waals surface area contributed by atoms with Crippen molar-refractivity contribution in [2.45, 2.75) is 10.4 Å². The second-order valence-corrected chi connectivity index (χ2v) is 6.01. The number of H-pyrrole nitrogens is 1.